The summed E-state index contributed by atoms with van der Waals surface area (Å²) in [5.74, 6) is -0.0769. The number of rotatable bonds is 3. The fourth-order valence-electron chi connectivity index (χ4n) is 1.07. The first-order chi connectivity index (χ1) is 7.50. The van der Waals surface area contributed by atoms with Crippen LogP contribution in [0.3, 0.4) is 0 Å². The summed E-state index contributed by atoms with van der Waals surface area (Å²) in [4.78, 5) is 11.5. The second-order valence-electron chi connectivity index (χ2n) is 3.11. The van der Waals surface area contributed by atoms with Gasteiger partial charge in [0.25, 0.3) is 0 Å². The molecule has 0 aromatic heterocycles. The van der Waals surface area contributed by atoms with E-state index in [1.807, 2.05) is 6.92 Å². The van der Waals surface area contributed by atoms with E-state index in [9.17, 15) is 4.79 Å². The number of carbonyl (C=O) groups excluding carboxylic acids is 1. The minimum Gasteiger partial charge on any atom is -0.379 e. The van der Waals surface area contributed by atoms with Crippen LogP contribution in [0.15, 0.2) is 18.2 Å². The molecule has 6 heteroatoms. The smallest absolute Gasteiger partial charge is 0.234 e. The Morgan fingerprint density at radius 3 is 2.94 bits per heavy atom. The third-order valence-corrected chi connectivity index (χ3v) is 3.03. The van der Waals surface area contributed by atoms with E-state index in [1.165, 1.54) is 0 Å². The molecule has 0 heterocycles. The van der Waals surface area contributed by atoms with Gasteiger partial charge in [0.15, 0.2) is 5.17 Å². The number of nitrogens with one attached hydrogen (secondary N) is 2. The number of amidine groups is 1. The fraction of sp³-hybridized carbons (Fsp3) is 0.200. The van der Waals surface area contributed by atoms with Gasteiger partial charge in [-0.1, -0.05) is 29.4 Å². The van der Waals surface area contributed by atoms with E-state index in [0.717, 1.165) is 17.3 Å². The highest BCUT2D eigenvalue weighted by Gasteiger charge is 2.07. The summed E-state index contributed by atoms with van der Waals surface area (Å²) in [7, 11) is 0. The average Bonchev–Trinajstić information content (AvgIpc) is 2.22. The monoisotopic (exact) mass is 257 g/mol. The minimum absolute atomic E-state index is 0.0713. The summed E-state index contributed by atoms with van der Waals surface area (Å²) in [6.45, 7) is 1.83. The molecule has 0 radical (unpaired) electrons. The highest BCUT2D eigenvalue weighted by molar-refractivity contribution is 8.14. The first-order valence-electron chi connectivity index (χ1n) is 4.52. The number of carbonyl (C=O) groups is 1. The van der Waals surface area contributed by atoms with Crippen LogP contribution in [0.5, 0.6) is 0 Å². The van der Waals surface area contributed by atoms with E-state index in [-0.39, 0.29) is 16.8 Å². The predicted molar refractivity (Wildman–Crippen MR) is 69.2 cm³/mol. The Morgan fingerprint density at radius 2 is 2.31 bits per heavy atom. The third-order valence-electron chi connectivity index (χ3n) is 1.90. The zero-order valence-corrected chi connectivity index (χ0v) is 10.3. The molecule has 16 heavy (non-hydrogen) atoms. The molecule has 0 aliphatic carbocycles. The fourth-order valence-corrected chi connectivity index (χ4v) is 1.61. The molecular formula is C10H12ClN3OS. The zero-order chi connectivity index (χ0) is 12.1. The maximum absolute atomic E-state index is 11.5. The lowest BCUT2D eigenvalue weighted by Crippen LogP contribution is -2.17. The zero-order valence-electron chi connectivity index (χ0n) is 8.71. The van der Waals surface area contributed by atoms with Gasteiger partial charge < -0.3 is 11.1 Å². The van der Waals surface area contributed by atoms with Crippen molar-refractivity contribution >= 4 is 40.1 Å². The molecule has 1 aromatic carbocycles. The molecule has 0 saturated heterocycles. The van der Waals surface area contributed by atoms with Gasteiger partial charge in [-0.05, 0) is 24.6 Å². The average molecular weight is 258 g/mol. The highest BCUT2D eigenvalue weighted by Crippen LogP contribution is 2.22. The molecule has 0 bridgehead atoms. The Morgan fingerprint density at radius 1 is 1.62 bits per heavy atom. The molecule has 4 N–H and O–H groups in total. The first-order valence-corrected chi connectivity index (χ1v) is 5.89. The molecule has 0 aliphatic heterocycles. The second-order valence-corrected chi connectivity index (χ2v) is 4.54. The lowest BCUT2D eigenvalue weighted by Gasteiger charge is -2.08. The van der Waals surface area contributed by atoms with E-state index in [2.05, 4.69) is 5.32 Å². The van der Waals surface area contributed by atoms with Crippen molar-refractivity contribution in [2.75, 3.05) is 11.1 Å². The van der Waals surface area contributed by atoms with Crippen molar-refractivity contribution in [1.82, 2.24) is 0 Å². The molecule has 0 atom stereocenters. The summed E-state index contributed by atoms with van der Waals surface area (Å²) < 4.78 is 0. The maximum Gasteiger partial charge on any atom is 0.234 e. The Labute approximate surface area is 103 Å². The number of amides is 1. The van der Waals surface area contributed by atoms with Crippen LogP contribution in [-0.4, -0.2) is 16.8 Å². The largest absolute Gasteiger partial charge is 0.379 e. The lowest BCUT2D eigenvalue weighted by molar-refractivity contribution is -0.113. The summed E-state index contributed by atoms with van der Waals surface area (Å²) >= 11 is 6.90. The van der Waals surface area contributed by atoms with Crippen LogP contribution < -0.4 is 11.1 Å². The van der Waals surface area contributed by atoms with Crippen LogP contribution in [-0.2, 0) is 4.79 Å². The van der Waals surface area contributed by atoms with E-state index >= 15 is 0 Å². The van der Waals surface area contributed by atoms with Crippen molar-refractivity contribution in [1.29, 1.82) is 5.41 Å². The van der Waals surface area contributed by atoms with Crippen molar-refractivity contribution in [3.8, 4) is 0 Å². The van der Waals surface area contributed by atoms with Gasteiger partial charge in [-0.25, -0.2) is 0 Å². The predicted octanol–water partition coefficient (Wildman–Crippen LogP) is 2.21. The van der Waals surface area contributed by atoms with Crippen LogP contribution in [0.25, 0.3) is 0 Å². The lowest BCUT2D eigenvalue weighted by atomic mass is 10.2. The van der Waals surface area contributed by atoms with Gasteiger partial charge in [-0.2, -0.15) is 0 Å². The van der Waals surface area contributed by atoms with E-state index in [4.69, 9.17) is 22.7 Å². The van der Waals surface area contributed by atoms with Crippen molar-refractivity contribution in [2.45, 2.75) is 6.92 Å². The molecule has 0 saturated carbocycles. The van der Waals surface area contributed by atoms with Crippen molar-refractivity contribution < 1.29 is 4.79 Å². The molecule has 1 amide bonds. The highest BCUT2D eigenvalue weighted by atomic mass is 35.5. The summed E-state index contributed by atoms with van der Waals surface area (Å²) in [6.07, 6.45) is 0. The van der Waals surface area contributed by atoms with Crippen LogP contribution in [0.2, 0.25) is 5.02 Å². The number of thioether (sulfide) groups is 1. The third kappa shape index (κ3) is 3.75. The number of hydrogen-bond donors (Lipinski definition) is 3. The Hall–Kier alpha value is -1.20. The molecule has 4 nitrogen and oxygen atoms in total. The van der Waals surface area contributed by atoms with Gasteiger partial charge in [0, 0.05) is 10.7 Å². The molecule has 1 rings (SSSR count). The van der Waals surface area contributed by atoms with E-state index in [0.29, 0.717) is 10.7 Å². The Kier molecular flexibility index (Phi) is 4.64. The molecule has 1 aromatic rings. The molecular weight excluding hydrogens is 246 g/mol. The molecule has 0 unspecified atom stereocenters. The van der Waals surface area contributed by atoms with Crippen molar-refractivity contribution in [3.63, 3.8) is 0 Å². The second kappa shape index (κ2) is 5.77. The number of halogens is 1. The maximum atomic E-state index is 11.5. The molecule has 0 spiro atoms. The number of hydrogen-bond acceptors (Lipinski definition) is 3. The SMILES string of the molecule is Cc1c(Cl)cccc1NC(=O)CSC(=N)N. The topological polar surface area (TPSA) is 79.0 Å². The standard InChI is InChI=1S/C10H12ClN3OS/c1-6-7(11)3-2-4-8(6)14-9(15)5-16-10(12)13/h2-4H,5H2,1H3,(H3,12,13)(H,14,15). The summed E-state index contributed by atoms with van der Waals surface area (Å²) in [5, 5.41) is 10.2. The summed E-state index contributed by atoms with van der Waals surface area (Å²) in [6, 6.07) is 5.30. The van der Waals surface area contributed by atoms with Crippen LogP contribution in [0.1, 0.15) is 5.56 Å². The molecule has 0 aliphatic rings. The van der Waals surface area contributed by atoms with Gasteiger partial charge in [0.1, 0.15) is 0 Å². The van der Waals surface area contributed by atoms with Crippen molar-refractivity contribution in [3.05, 3.63) is 28.8 Å². The van der Waals surface area contributed by atoms with E-state index < -0.39 is 0 Å². The van der Waals surface area contributed by atoms with Gasteiger partial charge in [-0.3, -0.25) is 10.2 Å². The Bertz CT molecular complexity index is 423. The Balaban J connectivity index is 2.63. The van der Waals surface area contributed by atoms with Gasteiger partial charge >= 0.3 is 0 Å². The normalized spacial score (nSPS) is 9.88. The number of benzene rings is 1. The van der Waals surface area contributed by atoms with Crippen LogP contribution in [0, 0.1) is 12.3 Å². The minimum atomic E-state index is -0.203. The summed E-state index contributed by atoms with van der Waals surface area (Å²) in [5.41, 5.74) is 6.64. The number of anilines is 1. The van der Waals surface area contributed by atoms with Gasteiger partial charge in [-0.15, -0.1) is 0 Å². The van der Waals surface area contributed by atoms with Crippen LogP contribution >= 0.6 is 23.4 Å². The first kappa shape index (κ1) is 12.9. The van der Waals surface area contributed by atoms with Crippen LogP contribution in [0.4, 0.5) is 5.69 Å². The quantitative estimate of drug-likeness (QED) is 0.574. The van der Waals surface area contributed by atoms with E-state index in [1.54, 1.807) is 18.2 Å². The molecule has 86 valence electrons. The van der Waals surface area contributed by atoms with Gasteiger partial charge in [0.2, 0.25) is 5.91 Å². The van der Waals surface area contributed by atoms with Crippen molar-refractivity contribution in [2.24, 2.45) is 5.73 Å². The van der Waals surface area contributed by atoms with Gasteiger partial charge in [0.05, 0.1) is 5.75 Å². The molecule has 0 fully saturated rings. The number of nitrogens with two attached hydrogens (primary N) is 1.